The van der Waals surface area contributed by atoms with Crippen molar-refractivity contribution in [2.24, 2.45) is 5.92 Å². The molecule has 20 heavy (non-hydrogen) atoms. The zero-order valence-corrected chi connectivity index (χ0v) is 12.2. The molecule has 1 aromatic heterocycles. The molecule has 6 heteroatoms. The molecule has 5 nitrogen and oxygen atoms in total. The van der Waals surface area contributed by atoms with Crippen LogP contribution in [0.3, 0.4) is 0 Å². The van der Waals surface area contributed by atoms with Crippen LogP contribution < -0.4 is 10.1 Å². The lowest BCUT2D eigenvalue weighted by Crippen LogP contribution is -2.42. The molecular weight excluding hydrogens is 278 g/mol. The van der Waals surface area contributed by atoms with Gasteiger partial charge in [-0.15, -0.1) is 11.3 Å². The van der Waals surface area contributed by atoms with E-state index in [2.05, 4.69) is 5.32 Å². The lowest BCUT2D eigenvalue weighted by atomic mass is 9.95. The molecule has 2 atom stereocenters. The Labute approximate surface area is 121 Å². The zero-order valence-electron chi connectivity index (χ0n) is 11.4. The molecule has 0 saturated heterocycles. The molecule has 1 amide bonds. The number of ether oxygens (including phenoxy) is 1. The first-order valence-electron chi connectivity index (χ1n) is 6.78. The molecule has 1 fully saturated rings. The fraction of sp³-hybridized carbons (Fsp3) is 0.571. The first kappa shape index (κ1) is 14.8. The Hall–Kier alpha value is -1.56. The highest BCUT2D eigenvalue weighted by atomic mass is 32.1. The molecule has 0 bridgehead atoms. The van der Waals surface area contributed by atoms with Gasteiger partial charge in [-0.1, -0.05) is 19.3 Å². The molecular formula is C14H19NO4S. The molecule has 2 rings (SSSR count). The fourth-order valence-corrected chi connectivity index (χ4v) is 3.39. The number of aliphatic carboxylic acids is 1. The summed E-state index contributed by atoms with van der Waals surface area (Å²) in [6.45, 7) is 0. The van der Waals surface area contributed by atoms with E-state index >= 15 is 0 Å². The molecule has 0 aromatic carbocycles. The van der Waals surface area contributed by atoms with E-state index < -0.39 is 11.9 Å². The summed E-state index contributed by atoms with van der Waals surface area (Å²) in [7, 11) is 1.52. The van der Waals surface area contributed by atoms with Crippen molar-refractivity contribution in [1.82, 2.24) is 5.32 Å². The van der Waals surface area contributed by atoms with Crippen molar-refractivity contribution < 1.29 is 19.4 Å². The third kappa shape index (κ3) is 3.30. The van der Waals surface area contributed by atoms with Crippen LogP contribution in [0.2, 0.25) is 0 Å². The van der Waals surface area contributed by atoms with Gasteiger partial charge in [-0.05, 0) is 24.3 Å². The summed E-state index contributed by atoms with van der Waals surface area (Å²) >= 11 is 1.30. The van der Waals surface area contributed by atoms with Gasteiger partial charge < -0.3 is 15.2 Å². The van der Waals surface area contributed by atoms with Gasteiger partial charge in [0.05, 0.1) is 13.0 Å². The van der Waals surface area contributed by atoms with Gasteiger partial charge in [-0.2, -0.15) is 0 Å². The van der Waals surface area contributed by atoms with Gasteiger partial charge >= 0.3 is 5.97 Å². The highest BCUT2D eigenvalue weighted by molar-refractivity contribution is 7.12. The van der Waals surface area contributed by atoms with E-state index in [-0.39, 0.29) is 11.9 Å². The third-order valence-electron chi connectivity index (χ3n) is 3.70. The van der Waals surface area contributed by atoms with Crippen molar-refractivity contribution in [3.8, 4) is 5.75 Å². The summed E-state index contributed by atoms with van der Waals surface area (Å²) in [5.41, 5.74) is 0. The minimum absolute atomic E-state index is 0.241. The normalized spacial score (nSPS) is 22.9. The van der Waals surface area contributed by atoms with E-state index in [1.807, 2.05) is 0 Å². The van der Waals surface area contributed by atoms with Crippen LogP contribution in [0.4, 0.5) is 0 Å². The molecule has 0 unspecified atom stereocenters. The summed E-state index contributed by atoms with van der Waals surface area (Å²) in [5, 5.41) is 14.0. The Morgan fingerprint density at radius 2 is 2.10 bits per heavy atom. The number of carboxylic acids is 1. The minimum Gasteiger partial charge on any atom is -0.495 e. The molecule has 1 aliphatic carbocycles. The SMILES string of the molecule is COc1ccsc1C(=O)N[C@H]1CCCCC[C@H]1C(=O)O. The van der Waals surface area contributed by atoms with Crippen LogP contribution in [-0.4, -0.2) is 30.1 Å². The van der Waals surface area contributed by atoms with E-state index in [4.69, 9.17) is 4.74 Å². The second-order valence-corrected chi connectivity index (χ2v) is 5.90. The Morgan fingerprint density at radius 1 is 1.35 bits per heavy atom. The number of carboxylic acid groups (broad SMARTS) is 1. The maximum Gasteiger partial charge on any atom is 0.308 e. The first-order chi connectivity index (χ1) is 9.63. The second-order valence-electron chi connectivity index (χ2n) is 4.98. The Bertz CT molecular complexity index is 485. The Morgan fingerprint density at radius 3 is 2.80 bits per heavy atom. The van der Waals surface area contributed by atoms with Crippen molar-refractivity contribution in [1.29, 1.82) is 0 Å². The molecule has 0 aliphatic heterocycles. The fourth-order valence-electron chi connectivity index (χ4n) is 2.63. The number of carbonyl (C=O) groups is 2. The van der Waals surface area contributed by atoms with Crippen LogP contribution >= 0.6 is 11.3 Å². The number of methoxy groups -OCH3 is 1. The molecule has 0 spiro atoms. The lowest BCUT2D eigenvalue weighted by Gasteiger charge is -2.22. The number of nitrogens with one attached hydrogen (secondary N) is 1. The molecule has 1 saturated carbocycles. The smallest absolute Gasteiger partial charge is 0.308 e. The summed E-state index contributed by atoms with van der Waals surface area (Å²) < 4.78 is 5.13. The van der Waals surface area contributed by atoms with E-state index in [1.165, 1.54) is 18.4 Å². The summed E-state index contributed by atoms with van der Waals surface area (Å²) in [5.74, 6) is -1.02. The van der Waals surface area contributed by atoms with Crippen LogP contribution in [0.1, 0.15) is 41.8 Å². The number of thiophene rings is 1. The van der Waals surface area contributed by atoms with Gasteiger partial charge in [0.25, 0.3) is 5.91 Å². The van der Waals surface area contributed by atoms with Gasteiger partial charge in [-0.25, -0.2) is 0 Å². The molecule has 1 aromatic rings. The zero-order chi connectivity index (χ0) is 14.5. The standard InChI is InChI=1S/C14H19NO4S/c1-19-11-7-8-20-12(11)13(16)15-10-6-4-2-3-5-9(10)14(17)18/h7-10H,2-6H2,1H3,(H,15,16)(H,17,18)/t9-,10+/m1/s1. The predicted molar refractivity (Wildman–Crippen MR) is 76.3 cm³/mol. The second kappa shape index (κ2) is 6.74. The minimum atomic E-state index is -0.824. The van der Waals surface area contributed by atoms with Crippen LogP contribution in [0.5, 0.6) is 5.75 Å². The number of rotatable bonds is 4. The van der Waals surface area contributed by atoms with E-state index in [0.717, 1.165) is 25.7 Å². The highest BCUT2D eigenvalue weighted by Crippen LogP contribution is 2.27. The number of amides is 1. The quantitative estimate of drug-likeness (QED) is 0.837. The largest absolute Gasteiger partial charge is 0.495 e. The van der Waals surface area contributed by atoms with Crippen molar-refractivity contribution in [2.45, 2.75) is 38.1 Å². The van der Waals surface area contributed by atoms with Crippen molar-refractivity contribution >= 4 is 23.2 Å². The maximum absolute atomic E-state index is 12.3. The summed E-state index contributed by atoms with van der Waals surface area (Å²) in [6, 6.07) is 1.44. The number of hydrogen-bond acceptors (Lipinski definition) is 4. The Kier molecular flexibility index (Phi) is 5.00. The summed E-state index contributed by atoms with van der Waals surface area (Å²) in [4.78, 5) is 24.1. The third-order valence-corrected chi connectivity index (χ3v) is 4.60. The molecule has 1 aliphatic rings. The Balaban J connectivity index is 2.09. The average molecular weight is 297 g/mol. The van der Waals surface area contributed by atoms with Gasteiger partial charge in [0.2, 0.25) is 0 Å². The predicted octanol–water partition coefficient (Wildman–Crippen LogP) is 2.52. The monoisotopic (exact) mass is 297 g/mol. The highest BCUT2D eigenvalue weighted by Gasteiger charge is 2.31. The van der Waals surface area contributed by atoms with Gasteiger partial charge in [0.1, 0.15) is 10.6 Å². The summed E-state index contributed by atoms with van der Waals surface area (Å²) in [6.07, 6.45) is 4.23. The topological polar surface area (TPSA) is 75.6 Å². The van der Waals surface area contributed by atoms with Crippen molar-refractivity contribution in [2.75, 3.05) is 7.11 Å². The van der Waals surface area contributed by atoms with E-state index in [1.54, 1.807) is 11.4 Å². The van der Waals surface area contributed by atoms with Crippen LogP contribution in [0, 0.1) is 5.92 Å². The van der Waals surface area contributed by atoms with Gasteiger partial charge in [0.15, 0.2) is 0 Å². The molecule has 2 N–H and O–H groups in total. The van der Waals surface area contributed by atoms with Crippen LogP contribution in [0.25, 0.3) is 0 Å². The van der Waals surface area contributed by atoms with Crippen LogP contribution in [0.15, 0.2) is 11.4 Å². The molecule has 0 radical (unpaired) electrons. The first-order valence-corrected chi connectivity index (χ1v) is 7.66. The average Bonchev–Trinajstić information content (AvgIpc) is 2.78. The van der Waals surface area contributed by atoms with Crippen molar-refractivity contribution in [3.63, 3.8) is 0 Å². The molecule has 110 valence electrons. The number of hydrogen-bond donors (Lipinski definition) is 2. The lowest BCUT2D eigenvalue weighted by molar-refractivity contribution is -0.142. The molecule has 1 heterocycles. The van der Waals surface area contributed by atoms with Crippen LogP contribution in [-0.2, 0) is 4.79 Å². The van der Waals surface area contributed by atoms with E-state index in [0.29, 0.717) is 17.0 Å². The van der Waals surface area contributed by atoms with Crippen molar-refractivity contribution in [3.05, 3.63) is 16.3 Å². The van der Waals surface area contributed by atoms with E-state index in [9.17, 15) is 14.7 Å². The van der Waals surface area contributed by atoms with Gasteiger partial charge in [-0.3, -0.25) is 9.59 Å². The maximum atomic E-state index is 12.3. The van der Waals surface area contributed by atoms with Gasteiger partial charge in [0, 0.05) is 6.04 Å². The number of carbonyl (C=O) groups excluding carboxylic acids is 1.